The molecule has 1 saturated heterocycles. The summed E-state index contributed by atoms with van der Waals surface area (Å²) in [6, 6.07) is 1.36. The van der Waals surface area contributed by atoms with Gasteiger partial charge in [0.05, 0.1) is 10.9 Å². The number of hydrogen-bond acceptors (Lipinski definition) is 5. The smallest absolute Gasteiger partial charge is 0.363 e. The van der Waals surface area contributed by atoms with E-state index in [1.807, 2.05) is 11.9 Å². The fourth-order valence-electron chi connectivity index (χ4n) is 3.07. The van der Waals surface area contributed by atoms with Crippen LogP contribution in [-0.4, -0.2) is 48.3 Å². The van der Waals surface area contributed by atoms with Crippen molar-refractivity contribution in [3.8, 4) is 0 Å². The number of alkyl halides is 3. The number of anilines is 1. The second-order valence-corrected chi connectivity index (χ2v) is 6.15. The molecule has 5 nitrogen and oxygen atoms in total. The molecule has 0 spiro atoms. The molecule has 4 rings (SSSR count). The number of rotatable bonds is 1. The third-order valence-electron chi connectivity index (χ3n) is 4.48. The average Bonchev–Trinajstić information content (AvgIpc) is 3.04. The number of benzene rings is 1. The van der Waals surface area contributed by atoms with Crippen LogP contribution in [0.1, 0.15) is 5.56 Å². The van der Waals surface area contributed by atoms with E-state index in [9.17, 15) is 17.6 Å². The Morgan fingerprint density at radius 1 is 1.04 bits per heavy atom. The molecule has 9 heteroatoms. The van der Waals surface area contributed by atoms with Crippen LogP contribution in [0.15, 0.2) is 22.9 Å². The minimum absolute atomic E-state index is 0.0430. The molecule has 1 aliphatic heterocycles. The lowest BCUT2D eigenvalue weighted by Gasteiger charge is -2.33. The monoisotopic (exact) mass is 354 g/mol. The van der Waals surface area contributed by atoms with Gasteiger partial charge in [0.15, 0.2) is 11.3 Å². The van der Waals surface area contributed by atoms with Crippen molar-refractivity contribution in [2.45, 2.75) is 6.18 Å². The highest BCUT2D eigenvalue weighted by atomic mass is 19.4. The molecule has 25 heavy (non-hydrogen) atoms. The summed E-state index contributed by atoms with van der Waals surface area (Å²) in [6.45, 7) is 2.93. The van der Waals surface area contributed by atoms with Crippen LogP contribution in [0.4, 0.5) is 23.4 Å². The standard InChI is InChI=1S/C16H14F4N4O/c1-23-2-4-24(5-3-23)15-14-11(8-25-22-14)10-6-9(16(18,19)20)7-12(17)13(10)21-15/h6-8H,2-5H2,1H3. The maximum Gasteiger partial charge on any atom is 0.416 e. The van der Waals surface area contributed by atoms with Gasteiger partial charge in [-0.15, -0.1) is 0 Å². The Morgan fingerprint density at radius 2 is 1.76 bits per heavy atom. The molecular formula is C16H14F4N4O. The van der Waals surface area contributed by atoms with Crippen molar-refractivity contribution in [3.05, 3.63) is 29.8 Å². The largest absolute Gasteiger partial charge is 0.416 e. The molecule has 2 aromatic heterocycles. The highest BCUT2D eigenvalue weighted by Crippen LogP contribution is 2.37. The minimum atomic E-state index is -4.64. The summed E-state index contributed by atoms with van der Waals surface area (Å²) in [7, 11) is 2.00. The van der Waals surface area contributed by atoms with E-state index in [0.717, 1.165) is 19.2 Å². The topological polar surface area (TPSA) is 45.4 Å². The van der Waals surface area contributed by atoms with E-state index >= 15 is 0 Å². The normalized spacial score (nSPS) is 16.9. The highest BCUT2D eigenvalue weighted by molar-refractivity contribution is 6.08. The number of halogens is 4. The van der Waals surface area contributed by atoms with Crippen LogP contribution in [0.2, 0.25) is 0 Å². The van der Waals surface area contributed by atoms with E-state index in [0.29, 0.717) is 35.9 Å². The van der Waals surface area contributed by atoms with Gasteiger partial charge < -0.3 is 14.3 Å². The van der Waals surface area contributed by atoms with Gasteiger partial charge >= 0.3 is 6.18 Å². The first-order valence-corrected chi connectivity index (χ1v) is 7.72. The first kappa shape index (κ1) is 16.1. The molecule has 1 aliphatic rings. The number of likely N-dealkylation sites (N-methyl/N-ethyl adjacent to an activating group) is 1. The van der Waals surface area contributed by atoms with E-state index in [-0.39, 0.29) is 10.9 Å². The molecule has 0 atom stereocenters. The molecule has 3 aromatic rings. The van der Waals surface area contributed by atoms with Gasteiger partial charge in [0.2, 0.25) is 0 Å². The second-order valence-electron chi connectivity index (χ2n) is 6.15. The molecule has 0 N–H and O–H groups in total. The van der Waals surface area contributed by atoms with Crippen LogP contribution in [0, 0.1) is 5.82 Å². The molecule has 0 bridgehead atoms. The summed E-state index contributed by atoms with van der Waals surface area (Å²) in [6.07, 6.45) is -3.41. The molecule has 0 amide bonds. The predicted octanol–water partition coefficient (Wildman–Crippen LogP) is 3.29. The lowest BCUT2D eigenvalue weighted by molar-refractivity contribution is -0.137. The predicted molar refractivity (Wildman–Crippen MR) is 84.0 cm³/mol. The van der Waals surface area contributed by atoms with Gasteiger partial charge in [-0.2, -0.15) is 13.2 Å². The Balaban J connectivity index is 1.94. The van der Waals surface area contributed by atoms with Gasteiger partial charge in [0, 0.05) is 31.6 Å². The number of fused-ring (bicyclic) bond motifs is 3. The third-order valence-corrected chi connectivity index (χ3v) is 4.48. The van der Waals surface area contributed by atoms with Crippen LogP contribution in [0.3, 0.4) is 0 Å². The fraction of sp³-hybridized carbons (Fsp3) is 0.375. The van der Waals surface area contributed by atoms with Crippen LogP contribution in [0.5, 0.6) is 0 Å². The van der Waals surface area contributed by atoms with Crippen molar-refractivity contribution in [1.82, 2.24) is 15.0 Å². The van der Waals surface area contributed by atoms with Gasteiger partial charge in [-0.3, -0.25) is 0 Å². The molecule has 1 fully saturated rings. The van der Waals surface area contributed by atoms with Crippen molar-refractivity contribution >= 4 is 27.6 Å². The van der Waals surface area contributed by atoms with Crippen LogP contribution in [-0.2, 0) is 6.18 Å². The quantitative estimate of drug-likeness (QED) is 0.628. The molecule has 132 valence electrons. The van der Waals surface area contributed by atoms with E-state index in [1.54, 1.807) is 0 Å². The Hall–Kier alpha value is -2.42. The van der Waals surface area contributed by atoms with Crippen molar-refractivity contribution < 1.29 is 22.1 Å². The van der Waals surface area contributed by atoms with Crippen LogP contribution >= 0.6 is 0 Å². The molecule has 0 unspecified atom stereocenters. The van der Waals surface area contributed by atoms with Gasteiger partial charge in [0.25, 0.3) is 0 Å². The molecular weight excluding hydrogens is 340 g/mol. The van der Waals surface area contributed by atoms with Gasteiger partial charge in [-0.1, -0.05) is 5.16 Å². The number of pyridine rings is 1. The fourth-order valence-corrected chi connectivity index (χ4v) is 3.07. The summed E-state index contributed by atoms with van der Waals surface area (Å²) >= 11 is 0. The van der Waals surface area contributed by atoms with Crippen molar-refractivity contribution in [2.75, 3.05) is 38.1 Å². The molecule has 0 radical (unpaired) electrons. The molecule has 0 saturated carbocycles. The summed E-state index contributed by atoms with van der Waals surface area (Å²) in [4.78, 5) is 8.38. The third kappa shape index (κ3) is 2.68. The molecule has 0 aliphatic carbocycles. The zero-order valence-corrected chi connectivity index (χ0v) is 13.3. The van der Waals surface area contributed by atoms with Gasteiger partial charge in [-0.05, 0) is 19.2 Å². The zero-order chi connectivity index (χ0) is 17.8. The first-order valence-electron chi connectivity index (χ1n) is 7.72. The Morgan fingerprint density at radius 3 is 2.44 bits per heavy atom. The van der Waals surface area contributed by atoms with E-state index in [2.05, 4.69) is 15.0 Å². The SMILES string of the molecule is CN1CCN(c2nc3c(F)cc(C(F)(F)F)cc3c3conc23)CC1. The highest BCUT2D eigenvalue weighted by Gasteiger charge is 2.32. The zero-order valence-electron chi connectivity index (χ0n) is 13.3. The number of nitrogens with zero attached hydrogens (tertiary/aromatic N) is 4. The maximum absolute atomic E-state index is 14.4. The average molecular weight is 354 g/mol. The number of hydrogen-bond donors (Lipinski definition) is 0. The Kier molecular flexibility index (Phi) is 3.57. The van der Waals surface area contributed by atoms with Crippen molar-refractivity contribution in [1.29, 1.82) is 0 Å². The second kappa shape index (κ2) is 5.55. The number of aromatic nitrogens is 2. The first-order chi connectivity index (χ1) is 11.8. The van der Waals surface area contributed by atoms with E-state index in [4.69, 9.17) is 4.52 Å². The summed E-state index contributed by atoms with van der Waals surface area (Å²) in [5.74, 6) is -0.577. The van der Waals surface area contributed by atoms with Crippen LogP contribution < -0.4 is 4.90 Å². The number of piperazine rings is 1. The minimum Gasteiger partial charge on any atom is -0.363 e. The Bertz CT molecular complexity index is 945. The lowest BCUT2D eigenvalue weighted by atomic mass is 10.1. The Labute approximate surface area is 139 Å². The van der Waals surface area contributed by atoms with E-state index < -0.39 is 17.6 Å². The van der Waals surface area contributed by atoms with Gasteiger partial charge in [0.1, 0.15) is 17.6 Å². The molecule has 1 aromatic carbocycles. The summed E-state index contributed by atoms with van der Waals surface area (Å²) in [5, 5.41) is 4.25. The van der Waals surface area contributed by atoms with Crippen molar-refractivity contribution in [2.24, 2.45) is 0 Å². The summed E-state index contributed by atoms with van der Waals surface area (Å²) < 4.78 is 58.3. The maximum atomic E-state index is 14.4. The lowest BCUT2D eigenvalue weighted by Crippen LogP contribution is -2.44. The van der Waals surface area contributed by atoms with Gasteiger partial charge in [-0.25, -0.2) is 9.37 Å². The van der Waals surface area contributed by atoms with Crippen LogP contribution in [0.25, 0.3) is 21.8 Å². The van der Waals surface area contributed by atoms with E-state index in [1.165, 1.54) is 6.26 Å². The molecule has 3 heterocycles. The van der Waals surface area contributed by atoms with Crippen molar-refractivity contribution in [3.63, 3.8) is 0 Å². The summed E-state index contributed by atoms with van der Waals surface area (Å²) in [5.41, 5.74) is -0.831.